The fourth-order valence-electron chi connectivity index (χ4n) is 2.62. The fourth-order valence-corrected chi connectivity index (χ4v) is 2.62. The molecule has 0 atom stereocenters. The standard InChI is InChI=1S/C23H18N4O5/c28-21-9-5-4-8-18(21)14-20(25-22(29)17-6-2-1-3-7-17)23(30)26-24-15-16-10-12-19(13-11-16)27(31)32/h1-15,28H,(H,25,29)(H,26,30)/b20-14-,24-15-. The molecule has 0 bridgehead atoms. The van der Waals surface area contributed by atoms with Crippen LogP contribution in [0.5, 0.6) is 5.75 Å². The highest BCUT2D eigenvalue weighted by atomic mass is 16.6. The second kappa shape index (κ2) is 10.3. The molecule has 9 nitrogen and oxygen atoms in total. The van der Waals surface area contributed by atoms with Crippen LogP contribution in [-0.4, -0.2) is 28.1 Å². The Morgan fingerprint density at radius 1 is 0.938 bits per heavy atom. The van der Waals surface area contributed by atoms with Gasteiger partial charge in [-0.2, -0.15) is 5.10 Å². The number of benzene rings is 3. The van der Waals surface area contributed by atoms with E-state index in [1.165, 1.54) is 42.6 Å². The van der Waals surface area contributed by atoms with E-state index in [4.69, 9.17) is 0 Å². The molecular weight excluding hydrogens is 412 g/mol. The number of non-ortho nitro benzene ring substituents is 1. The second-order valence-electron chi connectivity index (χ2n) is 6.48. The molecule has 0 unspecified atom stereocenters. The van der Waals surface area contributed by atoms with Crippen LogP contribution in [0, 0.1) is 10.1 Å². The zero-order valence-corrected chi connectivity index (χ0v) is 16.6. The van der Waals surface area contributed by atoms with Gasteiger partial charge in [-0.3, -0.25) is 19.7 Å². The molecule has 0 aromatic heterocycles. The van der Waals surface area contributed by atoms with Crippen LogP contribution < -0.4 is 10.7 Å². The van der Waals surface area contributed by atoms with E-state index in [-0.39, 0.29) is 17.1 Å². The average Bonchev–Trinajstić information content (AvgIpc) is 2.80. The van der Waals surface area contributed by atoms with Crippen LogP contribution in [0.3, 0.4) is 0 Å². The molecule has 0 aliphatic carbocycles. The molecule has 160 valence electrons. The largest absolute Gasteiger partial charge is 0.507 e. The molecule has 0 fully saturated rings. The van der Waals surface area contributed by atoms with Gasteiger partial charge in [0.25, 0.3) is 17.5 Å². The molecule has 3 aromatic carbocycles. The Balaban J connectivity index is 1.79. The van der Waals surface area contributed by atoms with E-state index in [1.807, 2.05) is 0 Å². The summed E-state index contributed by atoms with van der Waals surface area (Å²) in [5, 5.41) is 27.1. The van der Waals surface area contributed by atoms with Crippen LogP contribution in [0.2, 0.25) is 0 Å². The summed E-state index contributed by atoms with van der Waals surface area (Å²) >= 11 is 0. The summed E-state index contributed by atoms with van der Waals surface area (Å²) in [6.07, 6.45) is 2.63. The first-order valence-corrected chi connectivity index (χ1v) is 9.38. The summed E-state index contributed by atoms with van der Waals surface area (Å²) in [5.74, 6) is -1.31. The van der Waals surface area contributed by atoms with E-state index < -0.39 is 16.7 Å². The number of hydrogen-bond acceptors (Lipinski definition) is 6. The maximum absolute atomic E-state index is 12.7. The van der Waals surface area contributed by atoms with Crippen LogP contribution in [0.15, 0.2) is 89.7 Å². The average molecular weight is 430 g/mol. The number of nitro benzene ring substituents is 1. The molecule has 3 aromatic rings. The molecule has 0 saturated carbocycles. The Morgan fingerprint density at radius 3 is 2.25 bits per heavy atom. The number of carbonyl (C=O) groups excluding carboxylic acids is 2. The van der Waals surface area contributed by atoms with Crippen molar-refractivity contribution in [3.8, 4) is 5.75 Å². The molecule has 0 radical (unpaired) electrons. The summed E-state index contributed by atoms with van der Waals surface area (Å²) in [6.45, 7) is 0. The molecule has 9 heteroatoms. The molecule has 0 aliphatic heterocycles. The van der Waals surface area contributed by atoms with Gasteiger partial charge in [-0.05, 0) is 42.0 Å². The van der Waals surface area contributed by atoms with Gasteiger partial charge in [-0.25, -0.2) is 5.43 Å². The topological polar surface area (TPSA) is 134 Å². The van der Waals surface area contributed by atoms with Crippen LogP contribution in [0.25, 0.3) is 6.08 Å². The molecule has 3 rings (SSSR count). The van der Waals surface area contributed by atoms with Gasteiger partial charge in [0.05, 0.1) is 11.1 Å². The van der Waals surface area contributed by atoms with Crippen molar-refractivity contribution in [2.75, 3.05) is 0 Å². The summed E-state index contributed by atoms with van der Waals surface area (Å²) in [7, 11) is 0. The number of phenols is 1. The number of nitrogens with one attached hydrogen (secondary N) is 2. The lowest BCUT2D eigenvalue weighted by atomic mass is 10.1. The number of amides is 2. The minimum absolute atomic E-state index is 0.0669. The van der Waals surface area contributed by atoms with Crippen LogP contribution >= 0.6 is 0 Å². The summed E-state index contributed by atoms with van der Waals surface area (Å²) in [5.41, 5.74) is 3.29. The van der Waals surface area contributed by atoms with Crippen LogP contribution in [0.4, 0.5) is 5.69 Å². The van der Waals surface area contributed by atoms with Crippen molar-refractivity contribution in [3.05, 3.63) is 111 Å². The van der Waals surface area contributed by atoms with Crippen molar-refractivity contribution < 1.29 is 19.6 Å². The Bertz CT molecular complexity index is 1190. The fraction of sp³-hybridized carbons (Fsp3) is 0. The molecule has 2 amide bonds. The maximum Gasteiger partial charge on any atom is 0.287 e. The highest BCUT2D eigenvalue weighted by molar-refractivity contribution is 6.05. The third kappa shape index (κ3) is 5.86. The SMILES string of the molecule is O=C(N/N=C\c1ccc([N+](=O)[O-])cc1)/C(=C/c1ccccc1O)NC(=O)c1ccccc1. The predicted octanol–water partition coefficient (Wildman–Crippen LogP) is 3.22. The normalized spacial score (nSPS) is 11.2. The quantitative estimate of drug-likeness (QED) is 0.229. The highest BCUT2D eigenvalue weighted by Gasteiger charge is 2.15. The first-order chi connectivity index (χ1) is 15.4. The van der Waals surface area contributed by atoms with Gasteiger partial charge in [0.2, 0.25) is 0 Å². The van der Waals surface area contributed by atoms with E-state index in [2.05, 4.69) is 15.8 Å². The zero-order valence-electron chi connectivity index (χ0n) is 16.6. The second-order valence-corrected chi connectivity index (χ2v) is 6.48. The van der Waals surface area contributed by atoms with E-state index in [0.29, 0.717) is 16.7 Å². The van der Waals surface area contributed by atoms with Gasteiger partial charge in [-0.15, -0.1) is 0 Å². The van der Waals surface area contributed by atoms with Crippen LogP contribution in [0.1, 0.15) is 21.5 Å². The monoisotopic (exact) mass is 430 g/mol. The Labute approximate surface area is 182 Å². The Morgan fingerprint density at radius 2 is 1.59 bits per heavy atom. The van der Waals surface area contributed by atoms with Gasteiger partial charge in [-0.1, -0.05) is 36.4 Å². The van der Waals surface area contributed by atoms with Crippen molar-refractivity contribution in [2.24, 2.45) is 5.10 Å². The first-order valence-electron chi connectivity index (χ1n) is 9.38. The van der Waals surface area contributed by atoms with Crippen molar-refractivity contribution >= 4 is 29.8 Å². The molecular formula is C23H18N4O5. The van der Waals surface area contributed by atoms with Crippen molar-refractivity contribution in [3.63, 3.8) is 0 Å². The van der Waals surface area contributed by atoms with Gasteiger partial charge < -0.3 is 10.4 Å². The third-order valence-corrected chi connectivity index (χ3v) is 4.25. The minimum atomic E-state index is -0.726. The number of nitrogens with zero attached hydrogens (tertiary/aromatic N) is 2. The number of nitro groups is 1. The number of rotatable bonds is 7. The lowest BCUT2D eigenvalue weighted by Gasteiger charge is -2.09. The number of carbonyl (C=O) groups is 2. The van der Waals surface area contributed by atoms with Crippen molar-refractivity contribution in [1.29, 1.82) is 0 Å². The van der Waals surface area contributed by atoms with E-state index in [0.717, 1.165) is 0 Å². The van der Waals surface area contributed by atoms with E-state index >= 15 is 0 Å². The van der Waals surface area contributed by atoms with Gasteiger partial charge in [0.1, 0.15) is 11.4 Å². The summed E-state index contributed by atoms with van der Waals surface area (Å²) in [6, 6.07) is 20.2. The lowest BCUT2D eigenvalue weighted by Crippen LogP contribution is -2.32. The molecule has 0 spiro atoms. The number of aromatic hydroxyl groups is 1. The predicted molar refractivity (Wildman–Crippen MR) is 119 cm³/mol. The van der Waals surface area contributed by atoms with Gasteiger partial charge in [0, 0.05) is 23.3 Å². The molecule has 0 heterocycles. The van der Waals surface area contributed by atoms with Crippen molar-refractivity contribution in [1.82, 2.24) is 10.7 Å². The molecule has 0 aliphatic rings. The van der Waals surface area contributed by atoms with E-state index in [9.17, 15) is 24.8 Å². The highest BCUT2D eigenvalue weighted by Crippen LogP contribution is 2.18. The first kappa shape index (κ1) is 21.9. The molecule has 32 heavy (non-hydrogen) atoms. The molecule has 3 N–H and O–H groups in total. The summed E-state index contributed by atoms with van der Waals surface area (Å²) < 4.78 is 0. The number of para-hydroxylation sites is 1. The zero-order chi connectivity index (χ0) is 22.9. The Hall–Kier alpha value is -4.79. The smallest absolute Gasteiger partial charge is 0.287 e. The van der Waals surface area contributed by atoms with Crippen LogP contribution in [-0.2, 0) is 4.79 Å². The third-order valence-electron chi connectivity index (χ3n) is 4.25. The maximum atomic E-state index is 12.7. The number of hydrogen-bond donors (Lipinski definition) is 3. The number of hydrazone groups is 1. The number of phenolic OH excluding ortho intramolecular Hbond substituents is 1. The summed E-state index contributed by atoms with van der Waals surface area (Å²) in [4.78, 5) is 35.4. The minimum Gasteiger partial charge on any atom is -0.507 e. The van der Waals surface area contributed by atoms with Gasteiger partial charge in [0.15, 0.2) is 0 Å². The van der Waals surface area contributed by atoms with Gasteiger partial charge >= 0.3 is 0 Å². The van der Waals surface area contributed by atoms with E-state index in [1.54, 1.807) is 48.5 Å². The molecule has 0 saturated heterocycles. The van der Waals surface area contributed by atoms with Crippen molar-refractivity contribution in [2.45, 2.75) is 0 Å². The Kier molecular flexibility index (Phi) is 7.05. The lowest BCUT2D eigenvalue weighted by molar-refractivity contribution is -0.384.